The molecule has 0 saturated carbocycles. The largest absolute Gasteiger partial charge is 0.459 e. The van der Waals surface area contributed by atoms with Crippen molar-refractivity contribution >= 4 is 35.2 Å². The number of furan rings is 1. The van der Waals surface area contributed by atoms with Gasteiger partial charge in [-0.05, 0) is 25.0 Å². The summed E-state index contributed by atoms with van der Waals surface area (Å²) < 4.78 is 6.01. The highest BCUT2D eigenvalue weighted by atomic mass is 35.5. The first-order valence-electron chi connectivity index (χ1n) is 9.04. The van der Waals surface area contributed by atoms with Crippen LogP contribution in [0.1, 0.15) is 18.6 Å². The van der Waals surface area contributed by atoms with Crippen LogP contribution in [-0.4, -0.2) is 51.2 Å². The summed E-state index contributed by atoms with van der Waals surface area (Å²) in [7, 11) is 0. The molecule has 1 aromatic heterocycles. The number of rotatable bonds is 4. The second kappa shape index (κ2) is 7.60. The predicted octanol–water partition coefficient (Wildman–Crippen LogP) is 3.58. The summed E-state index contributed by atoms with van der Waals surface area (Å²) in [5.74, 6) is 2.18. The monoisotopic (exact) mass is 404 g/mol. The molecule has 2 aromatic rings. The van der Waals surface area contributed by atoms with E-state index in [1.807, 2.05) is 47.4 Å². The molecule has 0 atom stereocenters. The van der Waals surface area contributed by atoms with Crippen molar-refractivity contribution in [1.82, 2.24) is 9.80 Å². The van der Waals surface area contributed by atoms with Gasteiger partial charge in [0.1, 0.15) is 17.4 Å². The van der Waals surface area contributed by atoms with Crippen LogP contribution in [0.4, 0.5) is 0 Å². The van der Waals surface area contributed by atoms with Crippen LogP contribution in [0.15, 0.2) is 46.9 Å². The Morgan fingerprint density at radius 1 is 1.15 bits per heavy atom. The summed E-state index contributed by atoms with van der Waals surface area (Å²) >= 11 is 7.36. The zero-order chi connectivity index (χ0) is 18.9. The van der Waals surface area contributed by atoms with E-state index in [4.69, 9.17) is 16.0 Å². The number of carbonyl (C=O) groups is 2. The van der Waals surface area contributed by atoms with E-state index in [2.05, 4.69) is 0 Å². The standard InChI is InChI=1S/C20H21ClN2O3S/c21-12-18(24)22-10-8-20(9-11-22)23(19(25)14-27-20)13-16-6-7-17(26-16)15-4-2-1-3-5-15/h1-7H,8-14H2. The number of alkyl halides is 1. The summed E-state index contributed by atoms with van der Waals surface area (Å²) in [5, 5.41) is 0. The minimum Gasteiger partial charge on any atom is -0.459 e. The molecule has 0 N–H and O–H groups in total. The Bertz CT molecular complexity index is 831. The van der Waals surface area contributed by atoms with Crippen molar-refractivity contribution in [3.8, 4) is 11.3 Å². The summed E-state index contributed by atoms with van der Waals surface area (Å²) in [6.07, 6.45) is 1.52. The number of carbonyl (C=O) groups excluding carboxylic acids is 2. The first kappa shape index (κ1) is 18.4. The molecule has 0 unspecified atom stereocenters. The molecular weight excluding hydrogens is 384 g/mol. The molecule has 27 heavy (non-hydrogen) atoms. The van der Waals surface area contributed by atoms with E-state index in [0.29, 0.717) is 25.4 Å². The van der Waals surface area contributed by atoms with Crippen molar-refractivity contribution < 1.29 is 14.0 Å². The van der Waals surface area contributed by atoms with Gasteiger partial charge < -0.3 is 14.2 Å². The molecule has 142 valence electrons. The van der Waals surface area contributed by atoms with Crippen molar-refractivity contribution in [3.05, 3.63) is 48.2 Å². The topological polar surface area (TPSA) is 53.8 Å². The molecular formula is C20H21ClN2O3S. The van der Waals surface area contributed by atoms with Crippen molar-refractivity contribution in [2.24, 2.45) is 0 Å². The minimum absolute atomic E-state index is 0.0114. The highest BCUT2D eigenvalue weighted by Gasteiger charge is 2.48. The molecule has 4 rings (SSSR count). The Morgan fingerprint density at radius 2 is 1.89 bits per heavy atom. The van der Waals surface area contributed by atoms with Gasteiger partial charge in [0.05, 0.1) is 17.2 Å². The summed E-state index contributed by atoms with van der Waals surface area (Å²) in [6.45, 7) is 1.73. The van der Waals surface area contributed by atoms with Crippen molar-refractivity contribution in [1.29, 1.82) is 0 Å². The average molecular weight is 405 g/mol. The lowest BCUT2D eigenvalue weighted by atomic mass is 10.0. The predicted molar refractivity (Wildman–Crippen MR) is 106 cm³/mol. The zero-order valence-electron chi connectivity index (χ0n) is 14.9. The van der Waals surface area contributed by atoms with Gasteiger partial charge in [0.25, 0.3) is 0 Å². The Balaban J connectivity index is 1.49. The third-order valence-corrected chi connectivity index (χ3v) is 7.09. The van der Waals surface area contributed by atoms with Crippen molar-refractivity contribution in [3.63, 3.8) is 0 Å². The maximum atomic E-state index is 12.6. The summed E-state index contributed by atoms with van der Waals surface area (Å²) in [6, 6.07) is 13.8. The van der Waals surface area contributed by atoms with Crippen LogP contribution >= 0.6 is 23.4 Å². The number of piperidine rings is 1. The first-order chi connectivity index (χ1) is 13.1. The number of nitrogens with zero attached hydrogens (tertiary/aromatic N) is 2. The molecule has 2 fully saturated rings. The molecule has 1 spiro atoms. The Morgan fingerprint density at radius 3 is 2.59 bits per heavy atom. The van der Waals surface area contributed by atoms with E-state index in [1.54, 1.807) is 16.7 Å². The van der Waals surface area contributed by atoms with Gasteiger partial charge in [-0.2, -0.15) is 0 Å². The molecule has 0 radical (unpaired) electrons. The highest BCUT2D eigenvalue weighted by Crippen LogP contribution is 2.45. The molecule has 0 aliphatic carbocycles. The molecule has 3 heterocycles. The lowest BCUT2D eigenvalue weighted by Gasteiger charge is -2.43. The summed E-state index contributed by atoms with van der Waals surface area (Å²) in [5.41, 5.74) is 1.02. The minimum atomic E-state index is -0.250. The highest BCUT2D eigenvalue weighted by molar-refractivity contribution is 8.01. The number of amides is 2. The molecule has 2 saturated heterocycles. The van der Waals surface area contributed by atoms with Crippen molar-refractivity contribution in [2.45, 2.75) is 24.3 Å². The van der Waals surface area contributed by atoms with E-state index in [9.17, 15) is 9.59 Å². The van der Waals surface area contributed by atoms with Gasteiger partial charge in [-0.15, -0.1) is 23.4 Å². The number of hydrogen-bond donors (Lipinski definition) is 0. The van der Waals surface area contributed by atoms with Gasteiger partial charge in [-0.3, -0.25) is 9.59 Å². The molecule has 2 amide bonds. The SMILES string of the molecule is O=C(CCl)N1CCC2(CC1)SCC(=O)N2Cc1ccc(-c2ccccc2)o1. The Hall–Kier alpha value is -1.92. The third kappa shape index (κ3) is 3.60. The van der Waals surface area contributed by atoms with E-state index in [-0.39, 0.29) is 22.6 Å². The van der Waals surface area contributed by atoms with Gasteiger partial charge in [0, 0.05) is 18.7 Å². The fraction of sp³-hybridized carbons (Fsp3) is 0.400. The fourth-order valence-corrected chi connectivity index (χ4v) is 5.30. The number of thioether (sulfide) groups is 1. The van der Waals surface area contributed by atoms with Gasteiger partial charge in [0.15, 0.2) is 0 Å². The molecule has 2 aliphatic heterocycles. The van der Waals surface area contributed by atoms with Gasteiger partial charge >= 0.3 is 0 Å². The first-order valence-corrected chi connectivity index (χ1v) is 10.6. The average Bonchev–Trinajstić information content (AvgIpc) is 3.30. The number of halogens is 1. The lowest BCUT2D eigenvalue weighted by molar-refractivity contribution is -0.134. The zero-order valence-corrected chi connectivity index (χ0v) is 16.5. The summed E-state index contributed by atoms with van der Waals surface area (Å²) in [4.78, 5) is 27.9. The lowest BCUT2D eigenvalue weighted by Crippen LogP contribution is -2.52. The Labute approximate surface area is 167 Å². The van der Waals surface area contributed by atoms with Gasteiger partial charge in [0.2, 0.25) is 11.8 Å². The Kier molecular flexibility index (Phi) is 5.19. The van der Waals surface area contributed by atoms with Gasteiger partial charge in [-0.25, -0.2) is 0 Å². The number of hydrogen-bond acceptors (Lipinski definition) is 4. The number of likely N-dealkylation sites (tertiary alicyclic amines) is 1. The normalized spacial score (nSPS) is 19.1. The quantitative estimate of drug-likeness (QED) is 0.731. The molecule has 0 bridgehead atoms. The van der Waals surface area contributed by atoms with E-state index >= 15 is 0 Å². The van der Waals surface area contributed by atoms with E-state index in [0.717, 1.165) is 29.9 Å². The number of benzene rings is 1. The van der Waals surface area contributed by atoms with E-state index in [1.165, 1.54) is 0 Å². The van der Waals surface area contributed by atoms with Crippen LogP contribution in [0.25, 0.3) is 11.3 Å². The van der Waals surface area contributed by atoms with Crippen molar-refractivity contribution in [2.75, 3.05) is 24.7 Å². The van der Waals surface area contributed by atoms with E-state index < -0.39 is 0 Å². The third-order valence-electron chi connectivity index (χ3n) is 5.30. The van der Waals surface area contributed by atoms with Crippen LogP contribution in [0.5, 0.6) is 0 Å². The maximum absolute atomic E-state index is 12.6. The van der Waals surface area contributed by atoms with Crippen LogP contribution in [0.2, 0.25) is 0 Å². The second-order valence-corrected chi connectivity index (χ2v) is 8.47. The molecule has 1 aromatic carbocycles. The maximum Gasteiger partial charge on any atom is 0.237 e. The second-order valence-electron chi connectivity index (χ2n) is 6.86. The molecule has 5 nitrogen and oxygen atoms in total. The molecule has 7 heteroatoms. The van der Waals surface area contributed by atoms with Crippen LogP contribution in [-0.2, 0) is 16.1 Å². The van der Waals surface area contributed by atoms with Crippen LogP contribution < -0.4 is 0 Å². The molecule has 2 aliphatic rings. The van der Waals surface area contributed by atoms with Crippen LogP contribution in [0, 0.1) is 0 Å². The van der Waals surface area contributed by atoms with Gasteiger partial charge in [-0.1, -0.05) is 30.3 Å². The van der Waals surface area contributed by atoms with Crippen LogP contribution in [0.3, 0.4) is 0 Å². The fourth-order valence-electron chi connectivity index (χ4n) is 3.79. The smallest absolute Gasteiger partial charge is 0.237 e.